The summed E-state index contributed by atoms with van der Waals surface area (Å²) in [6, 6.07) is 10.1. The summed E-state index contributed by atoms with van der Waals surface area (Å²) in [6.45, 7) is 2.47. The van der Waals surface area contributed by atoms with Crippen LogP contribution in [0.15, 0.2) is 36.4 Å². The molecule has 0 radical (unpaired) electrons. The molecule has 1 N–H and O–H groups in total. The molecule has 0 aliphatic rings. The minimum absolute atomic E-state index is 0.199. The predicted molar refractivity (Wildman–Crippen MR) is 83.7 cm³/mol. The molecule has 106 valence electrons. The molecule has 0 saturated heterocycles. The smallest absolute Gasteiger partial charge is 0.141 e. The third-order valence-electron chi connectivity index (χ3n) is 2.60. The fourth-order valence-corrected chi connectivity index (χ4v) is 2.21. The molecule has 0 aliphatic carbocycles. The Hall–Kier alpha value is -1.39. The van der Waals surface area contributed by atoms with Crippen molar-refractivity contribution >= 4 is 27.5 Å². The standard InChI is InChI=1S/C15H14BrClO3/c1-10-8-13(9-14(17)15(10)19-7-6-16)20-12-4-2-11(18)3-5-12/h2-5,8-9,18H,6-7H2,1H3. The molecule has 0 heterocycles. The van der Waals surface area contributed by atoms with Gasteiger partial charge < -0.3 is 14.6 Å². The van der Waals surface area contributed by atoms with Crippen LogP contribution in [0.2, 0.25) is 5.02 Å². The first-order valence-corrected chi connectivity index (χ1v) is 7.56. The van der Waals surface area contributed by atoms with E-state index in [2.05, 4.69) is 15.9 Å². The first-order valence-electron chi connectivity index (χ1n) is 6.06. The number of hydrogen-bond acceptors (Lipinski definition) is 3. The van der Waals surface area contributed by atoms with Crippen LogP contribution in [0, 0.1) is 6.92 Å². The van der Waals surface area contributed by atoms with E-state index in [1.165, 1.54) is 0 Å². The second-order valence-corrected chi connectivity index (χ2v) is 5.38. The van der Waals surface area contributed by atoms with Gasteiger partial charge in [-0.15, -0.1) is 0 Å². The van der Waals surface area contributed by atoms with Crippen LogP contribution in [-0.2, 0) is 0 Å². The van der Waals surface area contributed by atoms with Crippen molar-refractivity contribution in [2.75, 3.05) is 11.9 Å². The molecule has 5 heteroatoms. The molecule has 0 fully saturated rings. The summed E-state index contributed by atoms with van der Waals surface area (Å²) in [6.07, 6.45) is 0. The number of rotatable bonds is 5. The highest BCUT2D eigenvalue weighted by Crippen LogP contribution is 2.35. The summed E-state index contributed by atoms with van der Waals surface area (Å²) in [7, 11) is 0. The van der Waals surface area contributed by atoms with Gasteiger partial charge >= 0.3 is 0 Å². The summed E-state index contributed by atoms with van der Waals surface area (Å²) >= 11 is 9.51. The van der Waals surface area contributed by atoms with E-state index in [1.807, 2.05) is 13.0 Å². The summed E-state index contributed by atoms with van der Waals surface area (Å²) in [5.74, 6) is 2.13. The van der Waals surface area contributed by atoms with Gasteiger partial charge in [0.1, 0.15) is 23.0 Å². The van der Waals surface area contributed by atoms with Crippen molar-refractivity contribution in [1.29, 1.82) is 0 Å². The van der Waals surface area contributed by atoms with Crippen molar-refractivity contribution in [2.24, 2.45) is 0 Å². The number of aryl methyl sites for hydroxylation is 1. The van der Waals surface area contributed by atoms with Gasteiger partial charge in [0.05, 0.1) is 11.6 Å². The lowest BCUT2D eigenvalue weighted by atomic mass is 10.2. The summed E-state index contributed by atoms with van der Waals surface area (Å²) in [4.78, 5) is 0. The minimum Gasteiger partial charge on any atom is -0.508 e. The lowest BCUT2D eigenvalue weighted by Crippen LogP contribution is -2.00. The van der Waals surface area contributed by atoms with Gasteiger partial charge in [0.15, 0.2) is 0 Å². The second-order valence-electron chi connectivity index (χ2n) is 4.18. The molecule has 0 amide bonds. The van der Waals surface area contributed by atoms with Crippen molar-refractivity contribution in [3.05, 3.63) is 47.0 Å². The van der Waals surface area contributed by atoms with Crippen LogP contribution < -0.4 is 9.47 Å². The van der Waals surface area contributed by atoms with E-state index in [9.17, 15) is 5.11 Å². The Kier molecular flexibility index (Phi) is 5.15. The molecule has 0 aliphatic heterocycles. The van der Waals surface area contributed by atoms with Crippen LogP contribution in [0.1, 0.15) is 5.56 Å². The molecule has 2 aromatic rings. The summed E-state index contributed by atoms with van der Waals surface area (Å²) in [5.41, 5.74) is 0.909. The van der Waals surface area contributed by atoms with Gasteiger partial charge in [0, 0.05) is 11.4 Å². The number of ether oxygens (including phenoxy) is 2. The maximum absolute atomic E-state index is 9.23. The van der Waals surface area contributed by atoms with E-state index in [0.717, 1.165) is 10.9 Å². The van der Waals surface area contributed by atoms with E-state index in [1.54, 1.807) is 30.3 Å². The molecule has 0 unspecified atom stereocenters. The van der Waals surface area contributed by atoms with E-state index < -0.39 is 0 Å². The van der Waals surface area contributed by atoms with Gasteiger partial charge in [-0.3, -0.25) is 0 Å². The number of benzene rings is 2. The summed E-state index contributed by atoms with van der Waals surface area (Å²) < 4.78 is 11.3. The first kappa shape index (κ1) is 15.0. The molecular formula is C15H14BrClO3. The third-order valence-corrected chi connectivity index (χ3v) is 3.20. The SMILES string of the molecule is Cc1cc(Oc2ccc(O)cc2)cc(Cl)c1OCCBr. The second kappa shape index (κ2) is 6.86. The van der Waals surface area contributed by atoms with Gasteiger partial charge in [0.25, 0.3) is 0 Å². The molecule has 2 rings (SSSR count). The Morgan fingerprint density at radius 2 is 1.85 bits per heavy atom. The largest absolute Gasteiger partial charge is 0.508 e. The van der Waals surface area contributed by atoms with E-state index in [4.69, 9.17) is 21.1 Å². The van der Waals surface area contributed by atoms with E-state index in [-0.39, 0.29) is 5.75 Å². The van der Waals surface area contributed by atoms with Crippen LogP contribution in [0.25, 0.3) is 0 Å². The van der Waals surface area contributed by atoms with Crippen molar-refractivity contribution in [3.8, 4) is 23.0 Å². The minimum atomic E-state index is 0.199. The zero-order valence-electron chi connectivity index (χ0n) is 10.9. The zero-order valence-corrected chi connectivity index (χ0v) is 13.2. The molecule has 20 heavy (non-hydrogen) atoms. The topological polar surface area (TPSA) is 38.7 Å². The molecular weight excluding hydrogens is 344 g/mol. The molecule has 2 aromatic carbocycles. The lowest BCUT2D eigenvalue weighted by molar-refractivity contribution is 0.342. The highest BCUT2D eigenvalue weighted by molar-refractivity contribution is 9.09. The Balaban J connectivity index is 2.19. The molecule has 0 spiro atoms. The normalized spacial score (nSPS) is 10.3. The number of halogens is 2. The third kappa shape index (κ3) is 3.81. The Morgan fingerprint density at radius 1 is 1.15 bits per heavy atom. The van der Waals surface area contributed by atoms with Crippen LogP contribution in [-0.4, -0.2) is 17.0 Å². The van der Waals surface area contributed by atoms with Crippen molar-refractivity contribution < 1.29 is 14.6 Å². The highest BCUT2D eigenvalue weighted by atomic mass is 79.9. The molecule has 0 saturated carbocycles. The highest BCUT2D eigenvalue weighted by Gasteiger charge is 2.09. The van der Waals surface area contributed by atoms with Crippen LogP contribution in [0.5, 0.6) is 23.0 Å². The monoisotopic (exact) mass is 356 g/mol. The average Bonchev–Trinajstić information content (AvgIpc) is 2.41. The Morgan fingerprint density at radius 3 is 2.45 bits per heavy atom. The number of hydrogen-bond donors (Lipinski definition) is 1. The number of phenols is 1. The van der Waals surface area contributed by atoms with Crippen molar-refractivity contribution in [3.63, 3.8) is 0 Å². The number of phenolic OH excluding ortho intramolecular Hbond substituents is 1. The van der Waals surface area contributed by atoms with Crippen LogP contribution >= 0.6 is 27.5 Å². The maximum atomic E-state index is 9.23. The fraction of sp³-hybridized carbons (Fsp3) is 0.200. The molecule has 0 bridgehead atoms. The Bertz CT molecular complexity index is 561. The number of alkyl halides is 1. The van der Waals surface area contributed by atoms with Crippen molar-refractivity contribution in [2.45, 2.75) is 6.92 Å². The lowest BCUT2D eigenvalue weighted by Gasteiger charge is -2.13. The summed E-state index contributed by atoms with van der Waals surface area (Å²) in [5, 5.41) is 10.5. The van der Waals surface area contributed by atoms with Gasteiger partial charge in [-0.05, 0) is 42.8 Å². The van der Waals surface area contributed by atoms with E-state index in [0.29, 0.717) is 28.9 Å². The molecule has 0 atom stereocenters. The van der Waals surface area contributed by atoms with Crippen LogP contribution in [0.3, 0.4) is 0 Å². The van der Waals surface area contributed by atoms with E-state index >= 15 is 0 Å². The van der Waals surface area contributed by atoms with Crippen LogP contribution in [0.4, 0.5) is 0 Å². The average molecular weight is 358 g/mol. The molecule has 3 nitrogen and oxygen atoms in total. The zero-order chi connectivity index (χ0) is 14.5. The molecule has 0 aromatic heterocycles. The van der Waals surface area contributed by atoms with Gasteiger partial charge in [-0.2, -0.15) is 0 Å². The fourth-order valence-electron chi connectivity index (χ4n) is 1.73. The Labute approximate surface area is 131 Å². The van der Waals surface area contributed by atoms with Crippen molar-refractivity contribution in [1.82, 2.24) is 0 Å². The van der Waals surface area contributed by atoms with Gasteiger partial charge in [0.2, 0.25) is 0 Å². The maximum Gasteiger partial charge on any atom is 0.141 e. The first-order chi connectivity index (χ1) is 9.60. The van der Waals surface area contributed by atoms with Gasteiger partial charge in [-0.25, -0.2) is 0 Å². The predicted octanol–water partition coefficient (Wildman–Crippen LogP) is 4.92. The van der Waals surface area contributed by atoms with Gasteiger partial charge in [-0.1, -0.05) is 27.5 Å². The quantitative estimate of drug-likeness (QED) is 0.772. The number of aromatic hydroxyl groups is 1.